The van der Waals surface area contributed by atoms with Gasteiger partial charge < -0.3 is 30.5 Å². The minimum Gasteiger partial charge on any atom is -0.383 e. The number of likely N-dealkylation sites (N-methyl/N-ethyl adjacent to an activating group) is 1. The highest BCUT2D eigenvalue weighted by Crippen LogP contribution is 2.23. The van der Waals surface area contributed by atoms with Gasteiger partial charge in [0.1, 0.15) is 11.9 Å². The van der Waals surface area contributed by atoms with Crippen LogP contribution in [-0.4, -0.2) is 101 Å². The Hall–Kier alpha value is -4.47. The molecule has 0 saturated carbocycles. The lowest BCUT2D eigenvalue weighted by atomic mass is 10.2. The van der Waals surface area contributed by atoms with Crippen molar-refractivity contribution in [1.82, 2.24) is 34.9 Å². The van der Waals surface area contributed by atoms with Crippen molar-refractivity contribution in [3.8, 4) is 11.8 Å². The predicted octanol–water partition coefficient (Wildman–Crippen LogP) is 3.39. The van der Waals surface area contributed by atoms with Gasteiger partial charge in [-0.15, -0.1) is 0 Å². The molecule has 3 heterocycles. The Balaban J connectivity index is 1.31. The van der Waals surface area contributed by atoms with E-state index in [9.17, 15) is 9.59 Å². The Kier molecular flexibility index (Phi) is 12.7. The van der Waals surface area contributed by atoms with Crippen LogP contribution in [0.1, 0.15) is 44.6 Å². The fourth-order valence-electron chi connectivity index (χ4n) is 4.97. The van der Waals surface area contributed by atoms with Crippen molar-refractivity contribution in [3.63, 3.8) is 0 Å². The molecule has 3 aromatic rings. The van der Waals surface area contributed by atoms with Crippen LogP contribution in [0.4, 0.5) is 17.5 Å². The maximum atomic E-state index is 12.8. The Morgan fingerprint density at radius 2 is 2.09 bits per heavy atom. The number of benzene rings is 1. The standard InChI is InChI=1S/C33H45N9O3/c1-5-16-34-31-26(23-36-33(39-31)38-27-15-14-25-24-37-42(20-21-45-4)29(25)22-27)11-7-6-8-17-35-32(44)28-12-9-19-41(28)30(43)13-10-18-40(2)3/h10,13-15,22-24,28H,5-6,8-9,12,16-21H2,1-4H3,(H,35,44)(H2,34,36,38,39)/t28-/m0/s1. The third-order valence-electron chi connectivity index (χ3n) is 7.31. The Morgan fingerprint density at radius 1 is 1.22 bits per heavy atom. The number of carbonyl (C=O) groups excluding carboxylic acids is 2. The maximum Gasteiger partial charge on any atom is 0.246 e. The molecule has 12 nitrogen and oxygen atoms in total. The van der Waals surface area contributed by atoms with Gasteiger partial charge in [0.05, 0.1) is 36.6 Å². The highest BCUT2D eigenvalue weighted by Gasteiger charge is 2.32. The van der Waals surface area contributed by atoms with E-state index >= 15 is 0 Å². The van der Waals surface area contributed by atoms with Gasteiger partial charge in [-0.25, -0.2) is 4.98 Å². The summed E-state index contributed by atoms with van der Waals surface area (Å²) in [5, 5.41) is 15.1. The SMILES string of the molecule is CCCNc1nc(Nc2ccc3cnn(CCOC)c3c2)ncc1C#CCCCNC(=O)[C@@H]1CCCN1C(=O)C=CCN(C)C. The second-order valence-electron chi connectivity index (χ2n) is 11.2. The Bertz CT molecular complexity index is 1520. The molecule has 3 N–H and O–H groups in total. The minimum absolute atomic E-state index is 0.101. The lowest BCUT2D eigenvalue weighted by Gasteiger charge is -2.22. The van der Waals surface area contributed by atoms with Crippen molar-refractivity contribution in [2.45, 2.75) is 51.6 Å². The molecule has 1 aromatic carbocycles. The van der Waals surface area contributed by atoms with Crippen LogP contribution in [0.3, 0.4) is 0 Å². The molecule has 0 bridgehead atoms. The zero-order chi connectivity index (χ0) is 32.0. The van der Waals surface area contributed by atoms with Crippen molar-refractivity contribution in [2.24, 2.45) is 0 Å². The average Bonchev–Trinajstić information content (AvgIpc) is 3.68. The summed E-state index contributed by atoms with van der Waals surface area (Å²) in [5.41, 5.74) is 2.57. The second-order valence-corrected chi connectivity index (χ2v) is 11.2. The number of likely N-dealkylation sites (tertiary alicyclic amines) is 1. The summed E-state index contributed by atoms with van der Waals surface area (Å²) in [6.07, 6.45) is 10.7. The topological polar surface area (TPSA) is 130 Å². The quantitative estimate of drug-likeness (QED) is 0.134. The summed E-state index contributed by atoms with van der Waals surface area (Å²) in [4.78, 5) is 38.2. The molecule has 0 unspecified atom stereocenters. The number of hydrogen-bond acceptors (Lipinski definition) is 9. The largest absolute Gasteiger partial charge is 0.383 e. The normalized spacial score (nSPS) is 14.6. The number of rotatable bonds is 15. The molecule has 240 valence electrons. The number of methoxy groups -OCH3 is 1. The van der Waals surface area contributed by atoms with Crippen LogP contribution in [0.15, 0.2) is 42.7 Å². The van der Waals surface area contributed by atoms with Crippen LogP contribution < -0.4 is 16.0 Å². The molecule has 0 aliphatic carbocycles. The highest BCUT2D eigenvalue weighted by atomic mass is 16.5. The van der Waals surface area contributed by atoms with Crippen molar-refractivity contribution < 1.29 is 14.3 Å². The average molecular weight is 616 g/mol. The lowest BCUT2D eigenvalue weighted by Crippen LogP contribution is -2.45. The van der Waals surface area contributed by atoms with Gasteiger partial charge in [-0.2, -0.15) is 10.1 Å². The molecule has 45 heavy (non-hydrogen) atoms. The van der Waals surface area contributed by atoms with Crippen molar-refractivity contribution in [3.05, 3.63) is 48.3 Å². The molecule has 1 aliphatic heterocycles. The number of fused-ring (bicyclic) bond motifs is 1. The first kappa shape index (κ1) is 33.4. The molecule has 1 aliphatic rings. The zero-order valence-electron chi connectivity index (χ0n) is 26.8. The molecule has 0 radical (unpaired) electrons. The molecule has 4 rings (SSSR count). The van der Waals surface area contributed by atoms with E-state index in [2.05, 4.69) is 44.8 Å². The minimum atomic E-state index is -0.413. The number of unbranched alkanes of at least 4 members (excludes halogenated alkanes) is 1. The van der Waals surface area contributed by atoms with Gasteiger partial charge in [0.2, 0.25) is 17.8 Å². The number of amides is 2. The molecule has 2 aromatic heterocycles. The van der Waals surface area contributed by atoms with E-state index in [4.69, 9.17) is 9.72 Å². The molecule has 1 atom stereocenters. The molecule has 2 amide bonds. The van der Waals surface area contributed by atoms with Gasteiger partial charge >= 0.3 is 0 Å². The number of nitrogens with one attached hydrogen (secondary N) is 3. The number of hydrogen-bond donors (Lipinski definition) is 3. The summed E-state index contributed by atoms with van der Waals surface area (Å²) in [6.45, 7) is 5.89. The first-order valence-electron chi connectivity index (χ1n) is 15.6. The number of aromatic nitrogens is 4. The summed E-state index contributed by atoms with van der Waals surface area (Å²) >= 11 is 0. The van der Waals surface area contributed by atoms with Crippen LogP contribution in [0, 0.1) is 11.8 Å². The molecule has 0 spiro atoms. The fourth-order valence-corrected chi connectivity index (χ4v) is 4.97. The predicted molar refractivity (Wildman–Crippen MR) is 177 cm³/mol. The number of carbonyl (C=O) groups is 2. The number of nitrogens with zero attached hydrogens (tertiary/aromatic N) is 6. The third-order valence-corrected chi connectivity index (χ3v) is 7.31. The summed E-state index contributed by atoms with van der Waals surface area (Å²) in [6, 6.07) is 5.61. The van der Waals surface area contributed by atoms with E-state index in [0.717, 1.165) is 36.0 Å². The lowest BCUT2D eigenvalue weighted by molar-refractivity contribution is -0.135. The van der Waals surface area contributed by atoms with Crippen LogP contribution in [0.25, 0.3) is 10.9 Å². The summed E-state index contributed by atoms with van der Waals surface area (Å²) in [7, 11) is 5.57. The maximum absolute atomic E-state index is 12.8. The van der Waals surface area contributed by atoms with Crippen LogP contribution in [0.2, 0.25) is 0 Å². The van der Waals surface area contributed by atoms with Crippen molar-refractivity contribution in [1.29, 1.82) is 0 Å². The van der Waals surface area contributed by atoms with E-state index in [1.165, 1.54) is 0 Å². The highest BCUT2D eigenvalue weighted by molar-refractivity contribution is 5.93. The van der Waals surface area contributed by atoms with Crippen LogP contribution in [0.5, 0.6) is 0 Å². The molecular weight excluding hydrogens is 570 g/mol. The number of anilines is 3. The summed E-state index contributed by atoms with van der Waals surface area (Å²) in [5.74, 6) is 7.31. The summed E-state index contributed by atoms with van der Waals surface area (Å²) < 4.78 is 7.12. The molecular formula is C33H45N9O3. The zero-order valence-corrected chi connectivity index (χ0v) is 26.8. The first-order valence-corrected chi connectivity index (χ1v) is 15.6. The molecule has 1 fully saturated rings. The van der Waals surface area contributed by atoms with E-state index in [1.54, 1.807) is 24.3 Å². The van der Waals surface area contributed by atoms with Gasteiger partial charge in [0.25, 0.3) is 0 Å². The second kappa shape index (κ2) is 17.1. The monoisotopic (exact) mass is 615 g/mol. The van der Waals surface area contributed by atoms with Gasteiger partial charge in [0.15, 0.2) is 0 Å². The Labute approximate surface area is 265 Å². The van der Waals surface area contributed by atoms with Gasteiger partial charge in [0, 0.05) is 56.9 Å². The van der Waals surface area contributed by atoms with Crippen molar-refractivity contribution >= 4 is 40.2 Å². The first-order chi connectivity index (χ1) is 21.9. The van der Waals surface area contributed by atoms with Gasteiger partial charge in [-0.3, -0.25) is 14.3 Å². The van der Waals surface area contributed by atoms with E-state index < -0.39 is 6.04 Å². The van der Waals surface area contributed by atoms with E-state index in [1.807, 2.05) is 54.1 Å². The van der Waals surface area contributed by atoms with Gasteiger partial charge in [-0.05, 0) is 58.0 Å². The van der Waals surface area contributed by atoms with Gasteiger partial charge in [-0.1, -0.05) is 24.8 Å². The van der Waals surface area contributed by atoms with Crippen LogP contribution in [-0.2, 0) is 20.9 Å². The van der Waals surface area contributed by atoms with Crippen molar-refractivity contribution in [2.75, 3.05) is 64.6 Å². The van der Waals surface area contributed by atoms with Crippen LogP contribution >= 0.6 is 0 Å². The fraction of sp³-hybridized carbons (Fsp3) is 0.485. The third kappa shape index (κ3) is 9.76. The van der Waals surface area contributed by atoms with E-state index in [0.29, 0.717) is 69.4 Å². The van der Waals surface area contributed by atoms with E-state index in [-0.39, 0.29) is 11.8 Å². The number of ether oxygens (including phenoxy) is 1. The molecule has 12 heteroatoms. The Morgan fingerprint density at radius 3 is 2.89 bits per heavy atom. The smallest absolute Gasteiger partial charge is 0.246 e. The molecule has 1 saturated heterocycles.